The molecular formula is C10H14FN3O. The number of rotatable bonds is 3. The van der Waals surface area contributed by atoms with Crippen LogP contribution in [0.15, 0.2) is 18.2 Å². The van der Waals surface area contributed by atoms with E-state index < -0.39 is 11.9 Å². The molecule has 82 valence electrons. The molecule has 1 amide bonds. The average molecular weight is 211 g/mol. The van der Waals surface area contributed by atoms with Crippen LogP contribution in [-0.2, 0) is 4.79 Å². The first-order valence-corrected chi connectivity index (χ1v) is 4.57. The van der Waals surface area contributed by atoms with Crippen molar-refractivity contribution < 1.29 is 9.18 Å². The summed E-state index contributed by atoms with van der Waals surface area (Å²) < 4.78 is 13.0. The van der Waals surface area contributed by atoms with Crippen LogP contribution in [0.3, 0.4) is 0 Å². The maximum atomic E-state index is 13.0. The number of anilines is 1. The smallest absolute Gasteiger partial charge is 0.221 e. The minimum atomic E-state index is -0.484. The van der Waals surface area contributed by atoms with E-state index in [4.69, 9.17) is 11.5 Å². The molecule has 0 aliphatic carbocycles. The van der Waals surface area contributed by atoms with E-state index in [9.17, 15) is 9.18 Å². The summed E-state index contributed by atoms with van der Waals surface area (Å²) in [7, 11) is 0. The van der Waals surface area contributed by atoms with Gasteiger partial charge in [0.2, 0.25) is 5.91 Å². The topological polar surface area (TPSA) is 81.1 Å². The lowest BCUT2D eigenvalue weighted by atomic mass is 10.1. The standard InChI is InChI=1S/C10H14FN3O/c1-6(15)14-10-3-2-7(11)4-8(10)9(13)5-12/h2-4,9H,5,12-13H2,1H3,(H,14,15)/t9-/m1/s1. The van der Waals surface area contributed by atoms with Gasteiger partial charge in [0.05, 0.1) is 0 Å². The summed E-state index contributed by atoms with van der Waals surface area (Å²) >= 11 is 0. The number of halogens is 1. The van der Waals surface area contributed by atoms with Gasteiger partial charge in [-0.25, -0.2) is 4.39 Å². The SMILES string of the molecule is CC(=O)Nc1ccc(F)cc1[C@H](N)CN. The molecule has 0 heterocycles. The number of benzene rings is 1. The normalized spacial score (nSPS) is 12.3. The largest absolute Gasteiger partial charge is 0.329 e. The second kappa shape index (κ2) is 4.86. The molecule has 5 heteroatoms. The Balaban J connectivity index is 3.08. The highest BCUT2D eigenvalue weighted by Crippen LogP contribution is 2.22. The first-order chi connectivity index (χ1) is 7.04. The Bertz CT molecular complexity index is 368. The number of carbonyl (C=O) groups is 1. The van der Waals surface area contributed by atoms with Crippen LogP contribution in [-0.4, -0.2) is 12.5 Å². The summed E-state index contributed by atoms with van der Waals surface area (Å²) in [6.07, 6.45) is 0. The molecule has 4 nitrogen and oxygen atoms in total. The van der Waals surface area contributed by atoms with Crippen molar-refractivity contribution in [2.75, 3.05) is 11.9 Å². The van der Waals surface area contributed by atoms with Gasteiger partial charge in [0.15, 0.2) is 0 Å². The summed E-state index contributed by atoms with van der Waals surface area (Å²) in [5, 5.41) is 2.57. The van der Waals surface area contributed by atoms with E-state index in [1.165, 1.54) is 25.1 Å². The molecule has 0 fully saturated rings. The van der Waals surface area contributed by atoms with Gasteiger partial charge >= 0.3 is 0 Å². The summed E-state index contributed by atoms with van der Waals surface area (Å²) in [4.78, 5) is 10.9. The van der Waals surface area contributed by atoms with Gasteiger partial charge in [0, 0.05) is 25.2 Å². The van der Waals surface area contributed by atoms with Gasteiger partial charge in [-0.15, -0.1) is 0 Å². The van der Waals surface area contributed by atoms with Gasteiger partial charge in [0.1, 0.15) is 5.82 Å². The minimum Gasteiger partial charge on any atom is -0.329 e. The van der Waals surface area contributed by atoms with E-state index in [0.29, 0.717) is 11.3 Å². The molecule has 0 saturated heterocycles. The Kier molecular flexibility index (Phi) is 3.76. The second-order valence-electron chi connectivity index (χ2n) is 3.25. The molecule has 1 rings (SSSR count). The van der Waals surface area contributed by atoms with Gasteiger partial charge in [-0.05, 0) is 23.8 Å². The van der Waals surface area contributed by atoms with Crippen molar-refractivity contribution in [1.29, 1.82) is 0 Å². The third kappa shape index (κ3) is 3.00. The Hall–Kier alpha value is -1.46. The van der Waals surface area contributed by atoms with Crippen LogP contribution in [0.4, 0.5) is 10.1 Å². The van der Waals surface area contributed by atoms with Crippen LogP contribution in [0.1, 0.15) is 18.5 Å². The van der Waals surface area contributed by atoms with Crippen molar-refractivity contribution in [2.24, 2.45) is 11.5 Å². The molecule has 0 aliphatic rings. The van der Waals surface area contributed by atoms with Gasteiger partial charge in [-0.2, -0.15) is 0 Å². The number of nitrogens with two attached hydrogens (primary N) is 2. The molecule has 0 aliphatic heterocycles. The lowest BCUT2D eigenvalue weighted by Crippen LogP contribution is -2.23. The second-order valence-corrected chi connectivity index (χ2v) is 3.25. The summed E-state index contributed by atoms with van der Waals surface area (Å²) in [6, 6.07) is 3.53. The summed E-state index contributed by atoms with van der Waals surface area (Å²) in [5.74, 6) is -0.630. The molecule has 1 aromatic carbocycles. The number of nitrogens with one attached hydrogen (secondary N) is 1. The molecule has 0 aromatic heterocycles. The van der Waals surface area contributed by atoms with Gasteiger partial charge < -0.3 is 16.8 Å². The number of hydrogen-bond donors (Lipinski definition) is 3. The van der Waals surface area contributed by atoms with Crippen molar-refractivity contribution in [2.45, 2.75) is 13.0 Å². The van der Waals surface area contributed by atoms with E-state index in [1.54, 1.807) is 0 Å². The van der Waals surface area contributed by atoms with Crippen LogP contribution in [0.5, 0.6) is 0 Å². The highest BCUT2D eigenvalue weighted by Gasteiger charge is 2.11. The fraction of sp³-hybridized carbons (Fsp3) is 0.300. The van der Waals surface area contributed by atoms with Crippen molar-refractivity contribution in [1.82, 2.24) is 0 Å². The molecule has 0 radical (unpaired) electrons. The Morgan fingerprint density at radius 3 is 2.80 bits per heavy atom. The summed E-state index contributed by atoms with van der Waals surface area (Å²) in [5.41, 5.74) is 12.1. The van der Waals surface area contributed by atoms with E-state index in [1.807, 2.05) is 0 Å². The first kappa shape index (κ1) is 11.6. The molecule has 0 bridgehead atoms. The molecule has 0 spiro atoms. The van der Waals surface area contributed by atoms with E-state index in [0.717, 1.165) is 0 Å². The van der Waals surface area contributed by atoms with E-state index in [2.05, 4.69) is 5.32 Å². The quantitative estimate of drug-likeness (QED) is 0.689. The molecule has 0 unspecified atom stereocenters. The van der Waals surface area contributed by atoms with Crippen LogP contribution >= 0.6 is 0 Å². The van der Waals surface area contributed by atoms with E-state index in [-0.39, 0.29) is 12.5 Å². The first-order valence-electron chi connectivity index (χ1n) is 4.57. The zero-order valence-corrected chi connectivity index (χ0v) is 8.46. The fourth-order valence-corrected chi connectivity index (χ4v) is 1.27. The van der Waals surface area contributed by atoms with E-state index >= 15 is 0 Å². The maximum Gasteiger partial charge on any atom is 0.221 e. The number of amides is 1. The van der Waals surface area contributed by atoms with Gasteiger partial charge in [0.25, 0.3) is 0 Å². The van der Waals surface area contributed by atoms with Crippen LogP contribution in [0.25, 0.3) is 0 Å². The lowest BCUT2D eigenvalue weighted by molar-refractivity contribution is -0.114. The Morgan fingerprint density at radius 1 is 1.60 bits per heavy atom. The molecule has 1 aromatic rings. The predicted octanol–water partition coefficient (Wildman–Crippen LogP) is 0.743. The highest BCUT2D eigenvalue weighted by atomic mass is 19.1. The third-order valence-corrected chi connectivity index (χ3v) is 1.98. The van der Waals surface area contributed by atoms with Crippen LogP contribution in [0.2, 0.25) is 0 Å². The van der Waals surface area contributed by atoms with Crippen molar-refractivity contribution >= 4 is 11.6 Å². The average Bonchev–Trinajstić information content (AvgIpc) is 2.19. The fourth-order valence-electron chi connectivity index (χ4n) is 1.27. The number of hydrogen-bond acceptors (Lipinski definition) is 3. The van der Waals surface area contributed by atoms with Gasteiger partial charge in [-0.3, -0.25) is 4.79 Å². The predicted molar refractivity (Wildman–Crippen MR) is 56.7 cm³/mol. The minimum absolute atomic E-state index is 0.191. The van der Waals surface area contributed by atoms with Crippen LogP contribution < -0.4 is 16.8 Å². The van der Waals surface area contributed by atoms with Crippen molar-refractivity contribution in [3.63, 3.8) is 0 Å². The zero-order chi connectivity index (χ0) is 11.4. The maximum absolute atomic E-state index is 13.0. The molecule has 5 N–H and O–H groups in total. The Labute approximate surface area is 87.4 Å². The molecule has 15 heavy (non-hydrogen) atoms. The monoisotopic (exact) mass is 211 g/mol. The highest BCUT2D eigenvalue weighted by molar-refractivity contribution is 5.89. The van der Waals surface area contributed by atoms with Crippen molar-refractivity contribution in [3.8, 4) is 0 Å². The molecular weight excluding hydrogens is 197 g/mol. The number of carbonyl (C=O) groups excluding carboxylic acids is 1. The van der Waals surface area contributed by atoms with Gasteiger partial charge in [-0.1, -0.05) is 0 Å². The van der Waals surface area contributed by atoms with Crippen molar-refractivity contribution in [3.05, 3.63) is 29.6 Å². The third-order valence-electron chi connectivity index (χ3n) is 1.98. The molecule has 1 atom stereocenters. The zero-order valence-electron chi connectivity index (χ0n) is 8.46. The Morgan fingerprint density at radius 2 is 2.27 bits per heavy atom. The molecule has 0 saturated carbocycles. The summed E-state index contributed by atoms with van der Waals surface area (Å²) in [6.45, 7) is 1.57. The van der Waals surface area contributed by atoms with Crippen LogP contribution in [0, 0.1) is 5.82 Å². The lowest BCUT2D eigenvalue weighted by Gasteiger charge is -2.14.